The average molecular weight is 401 g/mol. The quantitative estimate of drug-likeness (QED) is 0.746. The molecular formula is C23H29ClN2O2. The number of hydrogen-bond acceptors (Lipinski definition) is 3. The van der Waals surface area contributed by atoms with Crippen molar-refractivity contribution >= 4 is 23.2 Å². The molecular weight excluding hydrogens is 372 g/mol. The molecule has 4 nitrogen and oxygen atoms in total. The summed E-state index contributed by atoms with van der Waals surface area (Å²) in [6.45, 7) is 13.1. The first kappa shape index (κ1) is 20.5. The minimum atomic E-state index is -0.521. The number of nitrogens with zero attached hydrogens (tertiary/aromatic N) is 2. The number of hydrogen-bond donors (Lipinski definition) is 0. The number of amides is 1. The van der Waals surface area contributed by atoms with E-state index in [0.29, 0.717) is 18.8 Å². The monoisotopic (exact) mass is 400 g/mol. The maximum atomic E-state index is 12.9. The molecule has 28 heavy (non-hydrogen) atoms. The van der Waals surface area contributed by atoms with Crippen molar-refractivity contribution in [3.05, 3.63) is 57.6 Å². The van der Waals surface area contributed by atoms with E-state index in [0.717, 1.165) is 29.2 Å². The lowest BCUT2D eigenvalue weighted by atomic mass is 10.1. The highest BCUT2D eigenvalue weighted by Crippen LogP contribution is 2.27. The lowest BCUT2D eigenvalue weighted by Crippen LogP contribution is -2.52. The van der Waals surface area contributed by atoms with Gasteiger partial charge in [0.25, 0.3) is 5.91 Å². The number of rotatable bonds is 4. The zero-order valence-corrected chi connectivity index (χ0v) is 18.1. The molecule has 3 rings (SSSR count). The van der Waals surface area contributed by atoms with Crippen LogP contribution in [0.15, 0.2) is 30.3 Å². The summed E-state index contributed by atoms with van der Waals surface area (Å²) in [6.07, 6.45) is -0.521. The molecule has 1 heterocycles. The van der Waals surface area contributed by atoms with Gasteiger partial charge in [0.1, 0.15) is 5.75 Å². The highest BCUT2D eigenvalue weighted by Gasteiger charge is 2.27. The summed E-state index contributed by atoms with van der Waals surface area (Å²) in [6, 6.07) is 10.2. The number of piperazine rings is 1. The maximum absolute atomic E-state index is 12.9. The zero-order valence-electron chi connectivity index (χ0n) is 17.4. The number of carbonyl (C=O) groups is 1. The topological polar surface area (TPSA) is 32.8 Å². The van der Waals surface area contributed by atoms with Crippen LogP contribution >= 0.6 is 11.6 Å². The van der Waals surface area contributed by atoms with Crippen LogP contribution in [0, 0.1) is 27.7 Å². The average Bonchev–Trinajstić information content (AvgIpc) is 2.67. The Bertz CT molecular complexity index is 850. The smallest absolute Gasteiger partial charge is 0.263 e. The van der Waals surface area contributed by atoms with Crippen molar-refractivity contribution in [3.63, 3.8) is 0 Å². The standard InChI is InChI=1S/C23H29ClN2O2/c1-15-7-6-8-21(18(15)4)25-9-11-26(12-10-25)23(27)19(5)28-20-13-16(2)22(24)17(3)14-20/h6-8,13-14,19H,9-12H2,1-5H3/t19-/m1/s1. The molecule has 0 unspecified atom stereocenters. The van der Waals surface area contributed by atoms with Gasteiger partial charge in [0, 0.05) is 36.9 Å². The second-order valence-electron chi connectivity index (χ2n) is 7.66. The number of halogens is 1. The minimum Gasteiger partial charge on any atom is -0.481 e. The van der Waals surface area contributed by atoms with E-state index >= 15 is 0 Å². The first-order valence-corrected chi connectivity index (χ1v) is 10.2. The summed E-state index contributed by atoms with van der Waals surface area (Å²) in [5.74, 6) is 0.722. The SMILES string of the molecule is Cc1cccc(N2CCN(C(=O)[C@@H](C)Oc3cc(C)c(Cl)c(C)c3)CC2)c1C. The van der Waals surface area contributed by atoms with Crippen LogP contribution < -0.4 is 9.64 Å². The molecule has 1 fully saturated rings. The Kier molecular flexibility index (Phi) is 6.19. The highest BCUT2D eigenvalue weighted by atomic mass is 35.5. The van der Waals surface area contributed by atoms with Crippen LogP contribution in [0.1, 0.15) is 29.2 Å². The van der Waals surface area contributed by atoms with Crippen LogP contribution in [0.4, 0.5) is 5.69 Å². The van der Waals surface area contributed by atoms with Crippen molar-refractivity contribution in [2.45, 2.75) is 40.7 Å². The predicted octanol–water partition coefficient (Wildman–Crippen LogP) is 4.69. The molecule has 1 aliphatic heterocycles. The Labute approximate surface area is 173 Å². The van der Waals surface area contributed by atoms with Crippen molar-refractivity contribution in [1.29, 1.82) is 0 Å². The van der Waals surface area contributed by atoms with Gasteiger partial charge in [-0.15, -0.1) is 0 Å². The summed E-state index contributed by atoms with van der Waals surface area (Å²) in [7, 11) is 0. The number of aryl methyl sites for hydroxylation is 3. The van der Waals surface area contributed by atoms with Gasteiger partial charge in [-0.1, -0.05) is 23.7 Å². The van der Waals surface area contributed by atoms with Crippen LogP contribution in [-0.2, 0) is 4.79 Å². The van der Waals surface area contributed by atoms with Crippen LogP contribution in [0.3, 0.4) is 0 Å². The van der Waals surface area contributed by atoms with Gasteiger partial charge in [-0.3, -0.25) is 4.79 Å². The Morgan fingerprint density at radius 1 is 1.00 bits per heavy atom. The van der Waals surface area contributed by atoms with Gasteiger partial charge in [-0.05, 0) is 75.1 Å². The number of ether oxygens (including phenoxy) is 1. The summed E-state index contributed by atoms with van der Waals surface area (Å²) in [5, 5.41) is 0.744. The van der Waals surface area contributed by atoms with Gasteiger partial charge in [-0.25, -0.2) is 0 Å². The molecule has 0 spiro atoms. The number of anilines is 1. The Balaban J connectivity index is 1.61. The van der Waals surface area contributed by atoms with Crippen LogP contribution in [0.2, 0.25) is 5.02 Å². The van der Waals surface area contributed by atoms with Crippen molar-refractivity contribution in [2.75, 3.05) is 31.1 Å². The van der Waals surface area contributed by atoms with Gasteiger partial charge in [0.15, 0.2) is 6.10 Å². The fourth-order valence-electron chi connectivity index (χ4n) is 3.73. The lowest BCUT2D eigenvalue weighted by molar-refractivity contribution is -0.138. The molecule has 1 saturated heterocycles. The molecule has 1 atom stereocenters. The van der Waals surface area contributed by atoms with Gasteiger partial charge in [0.05, 0.1) is 0 Å². The Morgan fingerprint density at radius 2 is 1.61 bits per heavy atom. The van der Waals surface area contributed by atoms with Gasteiger partial charge < -0.3 is 14.5 Å². The first-order chi connectivity index (χ1) is 13.3. The fourth-order valence-corrected chi connectivity index (χ4v) is 3.84. The molecule has 0 aliphatic carbocycles. The maximum Gasteiger partial charge on any atom is 0.263 e. The minimum absolute atomic E-state index is 0.0332. The van der Waals surface area contributed by atoms with E-state index in [1.165, 1.54) is 16.8 Å². The van der Waals surface area contributed by atoms with E-state index in [9.17, 15) is 4.79 Å². The largest absolute Gasteiger partial charge is 0.481 e. The first-order valence-electron chi connectivity index (χ1n) is 9.81. The van der Waals surface area contributed by atoms with E-state index in [-0.39, 0.29) is 5.91 Å². The van der Waals surface area contributed by atoms with Crippen molar-refractivity contribution in [1.82, 2.24) is 4.90 Å². The van der Waals surface area contributed by atoms with Crippen molar-refractivity contribution < 1.29 is 9.53 Å². The highest BCUT2D eigenvalue weighted by molar-refractivity contribution is 6.32. The molecule has 0 radical (unpaired) electrons. The van der Waals surface area contributed by atoms with Crippen LogP contribution in [-0.4, -0.2) is 43.1 Å². The second-order valence-corrected chi connectivity index (χ2v) is 8.04. The molecule has 2 aromatic rings. The second kappa shape index (κ2) is 8.44. The van der Waals surface area contributed by atoms with E-state index in [2.05, 4.69) is 36.9 Å². The van der Waals surface area contributed by atoms with Gasteiger partial charge in [-0.2, -0.15) is 0 Å². The molecule has 0 N–H and O–H groups in total. The van der Waals surface area contributed by atoms with E-state index in [4.69, 9.17) is 16.3 Å². The van der Waals surface area contributed by atoms with Gasteiger partial charge in [0.2, 0.25) is 0 Å². The summed E-state index contributed by atoms with van der Waals surface area (Å²) in [4.78, 5) is 17.1. The molecule has 0 aromatic heterocycles. The molecule has 2 aromatic carbocycles. The van der Waals surface area contributed by atoms with Crippen LogP contribution in [0.5, 0.6) is 5.75 Å². The van der Waals surface area contributed by atoms with E-state index in [1.54, 1.807) is 0 Å². The number of carbonyl (C=O) groups excluding carboxylic acids is 1. The Morgan fingerprint density at radius 3 is 2.21 bits per heavy atom. The van der Waals surface area contributed by atoms with Crippen LogP contribution in [0.25, 0.3) is 0 Å². The molecule has 150 valence electrons. The molecule has 0 bridgehead atoms. The normalized spacial score (nSPS) is 15.5. The van der Waals surface area contributed by atoms with Crippen molar-refractivity contribution in [2.24, 2.45) is 0 Å². The predicted molar refractivity (Wildman–Crippen MR) is 116 cm³/mol. The van der Waals surface area contributed by atoms with Gasteiger partial charge >= 0.3 is 0 Å². The summed E-state index contributed by atoms with van der Waals surface area (Å²) in [5.41, 5.74) is 5.79. The fraction of sp³-hybridized carbons (Fsp3) is 0.435. The third-order valence-electron chi connectivity index (χ3n) is 5.58. The van der Waals surface area contributed by atoms with E-state index < -0.39 is 6.10 Å². The Hall–Kier alpha value is -2.20. The molecule has 0 saturated carbocycles. The summed E-state index contributed by atoms with van der Waals surface area (Å²) >= 11 is 6.22. The third-order valence-corrected chi connectivity index (χ3v) is 6.17. The zero-order chi connectivity index (χ0) is 20.4. The lowest BCUT2D eigenvalue weighted by Gasteiger charge is -2.38. The molecule has 1 amide bonds. The number of benzene rings is 2. The molecule has 5 heteroatoms. The van der Waals surface area contributed by atoms with Crippen molar-refractivity contribution in [3.8, 4) is 5.75 Å². The summed E-state index contributed by atoms with van der Waals surface area (Å²) < 4.78 is 5.93. The van der Waals surface area contributed by atoms with E-state index in [1.807, 2.05) is 37.8 Å². The third kappa shape index (κ3) is 4.27. The molecule has 1 aliphatic rings.